The predicted octanol–water partition coefficient (Wildman–Crippen LogP) is 4.33. The molecule has 0 radical (unpaired) electrons. The van der Waals surface area contributed by atoms with Crippen LogP contribution in [0.5, 0.6) is 0 Å². The Balaban J connectivity index is 1.66. The zero-order chi connectivity index (χ0) is 24.3. The van der Waals surface area contributed by atoms with Gasteiger partial charge in [-0.15, -0.1) is 11.3 Å². The van der Waals surface area contributed by atoms with E-state index >= 15 is 0 Å². The van der Waals surface area contributed by atoms with Crippen LogP contribution in [0.3, 0.4) is 0 Å². The van der Waals surface area contributed by atoms with Gasteiger partial charge in [0.1, 0.15) is 11.1 Å². The minimum absolute atomic E-state index is 0.355. The number of nitrogen functional groups attached to an aromatic ring is 1. The molecule has 4 rings (SSSR count). The zero-order valence-corrected chi connectivity index (χ0v) is 21.0. The number of rotatable bonds is 6. The molecule has 180 valence electrons. The first kappa shape index (κ1) is 24.4. The maximum absolute atomic E-state index is 9.84. The highest BCUT2D eigenvalue weighted by Crippen LogP contribution is 2.53. The Bertz CT molecular complexity index is 1120. The van der Waals surface area contributed by atoms with E-state index in [0.29, 0.717) is 28.0 Å². The smallest absolute Gasteiger partial charge is 0.104 e. The average Bonchev–Trinajstić information content (AvgIpc) is 3.39. The van der Waals surface area contributed by atoms with Crippen LogP contribution in [0, 0.1) is 16.7 Å². The Hall–Kier alpha value is -2.76. The van der Waals surface area contributed by atoms with Crippen molar-refractivity contribution in [3.8, 4) is 6.07 Å². The Morgan fingerprint density at radius 3 is 2.74 bits per heavy atom. The number of thiophene rings is 1. The summed E-state index contributed by atoms with van der Waals surface area (Å²) in [6.07, 6.45) is 13.1. The van der Waals surface area contributed by atoms with Gasteiger partial charge >= 0.3 is 0 Å². The van der Waals surface area contributed by atoms with Crippen LogP contribution < -0.4 is 11.5 Å². The van der Waals surface area contributed by atoms with Gasteiger partial charge < -0.3 is 16.4 Å². The zero-order valence-electron chi connectivity index (χ0n) is 20.2. The fourth-order valence-electron chi connectivity index (χ4n) is 5.87. The average molecular weight is 478 g/mol. The molecule has 1 aromatic rings. The maximum atomic E-state index is 9.84. The van der Waals surface area contributed by atoms with Crippen molar-refractivity contribution < 1.29 is 0 Å². The van der Waals surface area contributed by atoms with Gasteiger partial charge in [-0.2, -0.15) is 5.26 Å². The van der Waals surface area contributed by atoms with Crippen molar-refractivity contribution in [1.82, 2.24) is 4.90 Å². The normalized spacial score (nSPS) is 26.0. The molecule has 1 unspecified atom stereocenters. The number of nitrogens with two attached hydrogens (primary N) is 2. The van der Waals surface area contributed by atoms with Crippen LogP contribution in [-0.2, 0) is 11.8 Å². The second kappa shape index (κ2) is 10.2. The molecule has 2 heterocycles. The molecular weight excluding hydrogens is 442 g/mol. The minimum atomic E-state index is -0.408. The molecule has 1 fully saturated rings. The van der Waals surface area contributed by atoms with Gasteiger partial charge in [-0.25, -0.2) is 0 Å². The van der Waals surface area contributed by atoms with E-state index in [1.54, 1.807) is 12.4 Å². The van der Waals surface area contributed by atoms with Crippen molar-refractivity contribution in [3.63, 3.8) is 0 Å². The van der Waals surface area contributed by atoms with E-state index in [0.717, 1.165) is 68.4 Å². The SMILES string of the molecule is CC=N/C(=C\C=NC[C@@H]1CCCN1C)C(=N)C1=C(N)C2(CCC1)CCCc1sc(N)c(C#N)c12. The van der Waals surface area contributed by atoms with Crippen LogP contribution in [0.1, 0.15) is 67.9 Å². The van der Waals surface area contributed by atoms with E-state index in [4.69, 9.17) is 16.9 Å². The summed E-state index contributed by atoms with van der Waals surface area (Å²) in [4.78, 5) is 12.6. The van der Waals surface area contributed by atoms with Gasteiger partial charge in [0.05, 0.1) is 23.5 Å². The van der Waals surface area contributed by atoms with Gasteiger partial charge in [-0.05, 0) is 89.1 Å². The lowest BCUT2D eigenvalue weighted by atomic mass is 9.62. The van der Waals surface area contributed by atoms with E-state index in [2.05, 4.69) is 28.0 Å². The van der Waals surface area contributed by atoms with Gasteiger partial charge in [-0.1, -0.05) is 0 Å². The van der Waals surface area contributed by atoms with Gasteiger partial charge in [-0.3, -0.25) is 15.4 Å². The number of allylic oxidation sites excluding steroid dienone is 3. The monoisotopic (exact) mass is 477 g/mol. The Morgan fingerprint density at radius 1 is 1.29 bits per heavy atom. The predicted molar refractivity (Wildman–Crippen MR) is 142 cm³/mol. The Morgan fingerprint density at radius 2 is 2.06 bits per heavy atom. The number of nitrogens with one attached hydrogen (secondary N) is 1. The van der Waals surface area contributed by atoms with E-state index in [1.165, 1.54) is 29.1 Å². The first-order valence-corrected chi connectivity index (χ1v) is 13.0. The number of likely N-dealkylation sites (tertiary alicyclic amines) is 1. The molecule has 0 aromatic carbocycles. The van der Waals surface area contributed by atoms with E-state index in [-0.39, 0.29) is 0 Å². The molecule has 2 aliphatic carbocycles. The molecule has 0 bridgehead atoms. The summed E-state index contributed by atoms with van der Waals surface area (Å²) in [5, 5.41) is 19.5. The third kappa shape index (κ3) is 4.35. The lowest BCUT2D eigenvalue weighted by molar-refractivity contribution is 0.318. The third-order valence-corrected chi connectivity index (χ3v) is 8.71. The molecule has 1 saturated heterocycles. The summed E-state index contributed by atoms with van der Waals surface area (Å²) in [7, 11) is 2.15. The molecule has 0 amide bonds. The van der Waals surface area contributed by atoms with Crippen molar-refractivity contribution in [2.24, 2.45) is 15.7 Å². The van der Waals surface area contributed by atoms with Crippen LogP contribution in [0.25, 0.3) is 0 Å². The highest BCUT2D eigenvalue weighted by molar-refractivity contribution is 7.16. The van der Waals surface area contributed by atoms with Crippen LogP contribution in [0.4, 0.5) is 5.00 Å². The fraction of sp³-hybridized carbons (Fsp3) is 0.538. The molecule has 5 N–H and O–H groups in total. The fourth-order valence-corrected chi connectivity index (χ4v) is 7.03. The Labute approximate surface area is 206 Å². The van der Waals surface area contributed by atoms with E-state index < -0.39 is 5.41 Å². The van der Waals surface area contributed by atoms with Gasteiger partial charge in [0.25, 0.3) is 0 Å². The minimum Gasteiger partial charge on any atom is -0.401 e. The molecule has 3 aliphatic rings. The number of nitrogens with zero attached hydrogens (tertiary/aromatic N) is 4. The number of nitriles is 1. The molecule has 0 saturated carbocycles. The van der Waals surface area contributed by atoms with Gasteiger partial charge in [0.2, 0.25) is 0 Å². The highest BCUT2D eigenvalue weighted by atomic mass is 32.1. The van der Waals surface area contributed by atoms with Crippen molar-refractivity contribution in [2.75, 3.05) is 25.9 Å². The topological polar surface area (TPSA) is 128 Å². The first-order valence-electron chi connectivity index (χ1n) is 12.2. The molecule has 34 heavy (non-hydrogen) atoms. The maximum Gasteiger partial charge on any atom is 0.104 e. The number of hydrogen-bond acceptors (Lipinski definition) is 8. The Kier molecular flexibility index (Phi) is 7.34. The molecule has 8 heteroatoms. The lowest BCUT2D eigenvalue weighted by Crippen LogP contribution is -2.40. The van der Waals surface area contributed by atoms with Crippen LogP contribution in [0.15, 0.2) is 33.0 Å². The largest absolute Gasteiger partial charge is 0.401 e. The molecule has 1 spiro atoms. The second-order valence-electron chi connectivity index (χ2n) is 9.54. The number of aliphatic imine (C=N–C) groups is 2. The van der Waals surface area contributed by atoms with E-state index in [9.17, 15) is 5.26 Å². The molecular formula is C26H35N7S. The molecule has 7 nitrogen and oxygen atoms in total. The molecule has 2 atom stereocenters. The quantitative estimate of drug-likeness (QED) is 0.527. The molecule has 1 aromatic heterocycles. The summed E-state index contributed by atoms with van der Waals surface area (Å²) < 4.78 is 0. The van der Waals surface area contributed by atoms with Gasteiger partial charge in [0.15, 0.2) is 0 Å². The summed E-state index contributed by atoms with van der Waals surface area (Å²) in [6.45, 7) is 3.75. The van der Waals surface area contributed by atoms with Crippen molar-refractivity contribution in [3.05, 3.63) is 39.0 Å². The summed E-state index contributed by atoms with van der Waals surface area (Å²) in [5.74, 6) is 0. The van der Waals surface area contributed by atoms with Crippen molar-refractivity contribution in [1.29, 1.82) is 10.7 Å². The summed E-state index contributed by atoms with van der Waals surface area (Å²) in [6, 6.07) is 2.83. The van der Waals surface area contributed by atoms with Crippen molar-refractivity contribution in [2.45, 2.75) is 69.7 Å². The van der Waals surface area contributed by atoms with Crippen LogP contribution in [0.2, 0.25) is 0 Å². The third-order valence-electron chi connectivity index (χ3n) is 7.63. The number of likely N-dealkylation sites (N-methyl/N-ethyl adjacent to an activating group) is 1. The highest BCUT2D eigenvalue weighted by Gasteiger charge is 2.45. The second-order valence-corrected chi connectivity index (χ2v) is 10.7. The number of aryl methyl sites for hydroxylation is 1. The van der Waals surface area contributed by atoms with E-state index in [1.807, 2.05) is 13.0 Å². The summed E-state index contributed by atoms with van der Waals surface area (Å²) >= 11 is 1.53. The lowest BCUT2D eigenvalue weighted by Gasteiger charge is -2.42. The van der Waals surface area contributed by atoms with Crippen LogP contribution in [-0.4, -0.2) is 49.2 Å². The number of fused-ring (bicyclic) bond motifs is 2. The van der Waals surface area contributed by atoms with Crippen molar-refractivity contribution >= 4 is 34.5 Å². The number of hydrogen-bond donors (Lipinski definition) is 3. The molecule has 1 aliphatic heterocycles. The standard InChI is InChI=1S/C26H35N7S/c1-3-32-20(10-13-31-16-17-7-6-14-33(17)2)23(28)18-8-4-11-26(24(18)29)12-5-9-21-22(26)19(15-27)25(30)34-21/h3,10,13,17,28H,4-9,11-12,14,16,29-30H2,1-2H3/b20-10-,28-23?,31-13?,32-3?/t17-,26?/m0/s1. The van der Waals surface area contributed by atoms with Gasteiger partial charge in [0, 0.05) is 34.5 Å². The summed E-state index contributed by atoms with van der Waals surface area (Å²) in [5.41, 5.74) is 16.8. The first-order chi connectivity index (χ1) is 16.4. The number of anilines is 1. The van der Waals surface area contributed by atoms with Crippen LogP contribution >= 0.6 is 11.3 Å².